The van der Waals surface area contributed by atoms with Crippen LogP contribution in [0, 0.1) is 16.2 Å². The van der Waals surface area contributed by atoms with Gasteiger partial charge in [0.2, 0.25) is 15.9 Å². The Morgan fingerprint density at radius 3 is 2.50 bits per heavy atom. The van der Waals surface area contributed by atoms with E-state index in [1.807, 2.05) is 42.2 Å². The van der Waals surface area contributed by atoms with Crippen molar-refractivity contribution in [3.05, 3.63) is 76.4 Å². The van der Waals surface area contributed by atoms with Crippen LogP contribution in [0.4, 0.5) is 5.69 Å². The summed E-state index contributed by atoms with van der Waals surface area (Å²) in [6, 6.07) is 13.1. The highest BCUT2D eigenvalue weighted by Crippen LogP contribution is 2.33. The number of benzene rings is 2. The second-order valence-corrected chi connectivity index (χ2v) is 11.6. The summed E-state index contributed by atoms with van der Waals surface area (Å²) < 4.78 is 33.6. The molecule has 1 amide bonds. The van der Waals surface area contributed by atoms with Gasteiger partial charge in [0, 0.05) is 37.8 Å². The highest BCUT2D eigenvalue weighted by atomic mass is 32.2. The van der Waals surface area contributed by atoms with E-state index in [9.17, 15) is 28.4 Å². The van der Waals surface area contributed by atoms with Crippen molar-refractivity contribution in [3.63, 3.8) is 0 Å². The van der Waals surface area contributed by atoms with Gasteiger partial charge in [-0.25, -0.2) is 8.42 Å². The molecule has 1 aliphatic carbocycles. The zero-order valence-corrected chi connectivity index (χ0v) is 22.0. The van der Waals surface area contributed by atoms with Gasteiger partial charge in [-0.2, -0.15) is 4.31 Å². The molecule has 1 radical (unpaired) electrons. The molecule has 1 saturated heterocycles. The molecule has 205 valence electrons. The van der Waals surface area contributed by atoms with Crippen LogP contribution in [0.25, 0.3) is 0 Å². The molecular weight excluding hydrogens is 512 g/mol. The fraction of sp³-hybridized carbons (Fsp3) is 0.462. The van der Waals surface area contributed by atoms with Crippen LogP contribution < -0.4 is 5.32 Å². The molecule has 2 aromatic rings. The number of aliphatic hydroxyl groups is 1. The first kappa shape index (κ1) is 28.1. The van der Waals surface area contributed by atoms with Crippen LogP contribution in [0.15, 0.2) is 59.5 Å². The zero-order valence-electron chi connectivity index (χ0n) is 21.2. The van der Waals surface area contributed by atoms with Gasteiger partial charge in [-0.05, 0) is 43.9 Å². The van der Waals surface area contributed by atoms with Gasteiger partial charge in [-0.1, -0.05) is 30.3 Å². The first-order valence-electron chi connectivity index (χ1n) is 12.6. The van der Waals surface area contributed by atoms with Crippen molar-refractivity contribution in [1.29, 1.82) is 0 Å². The predicted octanol–water partition coefficient (Wildman–Crippen LogP) is 1.72. The van der Waals surface area contributed by atoms with Gasteiger partial charge < -0.3 is 15.2 Å². The van der Waals surface area contributed by atoms with Gasteiger partial charge in [0.15, 0.2) is 0 Å². The van der Waals surface area contributed by atoms with Crippen LogP contribution >= 0.6 is 0 Å². The Balaban J connectivity index is 1.50. The summed E-state index contributed by atoms with van der Waals surface area (Å²) in [5, 5.41) is 25.2. The number of nitro groups is 1. The maximum atomic E-state index is 13.5. The Kier molecular flexibility index (Phi) is 9.11. The molecule has 1 aliphatic heterocycles. The number of non-ortho nitro benzene ring substituents is 1. The average Bonchev–Trinajstić information content (AvgIpc) is 3.72. The van der Waals surface area contributed by atoms with Crippen molar-refractivity contribution in [1.82, 2.24) is 14.5 Å². The summed E-state index contributed by atoms with van der Waals surface area (Å²) in [7, 11) is -4.03. The van der Waals surface area contributed by atoms with Gasteiger partial charge >= 0.3 is 0 Å². The van der Waals surface area contributed by atoms with Crippen molar-refractivity contribution in [2.75, 3.05) is 32.8 Å². The quantitative estimate of drug-likeness (QED) is 0.303. The molecule has 1 saturated carbocycles. The van der Waals surface area contributed by atoms with E-state index in [4.69, 9.17) is 4.74 Å². The summed E-state index contributed by atoms with van der Waals surface area (Å²) in [5.41, 5.74) is 0.684. The number of hydrogen-bond donors (Lipinski definition) is 2. The lowest BCUT2D eigenvalue weighted by molar-refractivity contribution is -0.384. The lowest BCUT2D eigenvalue weighted by Gasteiger charge is -2.32. The number of carbonyl (C=O) groups excluding carboxylic acids is 1. The predicted molar refractivity (Wildman–Crippen MR) is 139 cm³/mol. The van der Waals surface area contributed by atoms with Crippen molar-refractivity contribution in [2.24, 2.45) is 0 Å². The Hall–Kier alpha value is -2.90. The monoisotopic (exact) mass is 545 g/mol. The summed E-state index contributed by atoms with van der Waals surface area (Å²) in [6.45, 7) is 3.44. The molecule has 0 unspecified atom stereocenters. The molecule has 2 fully saturated rings. The van der Waals surface area contributed by atoms with E-state index in [0.29, 0.717) is 39.0 Å². The van der Waals surface area contributed by atoms with Gasteiger partial charge in [0.1, 0.15) is 6.10 Å². The first-order chi connectivity index (χ1) is 18.1. The Morgan fingerprint density at radius 2 is 1.89 bits per heavy atom. The molecular formula is C26H33N4O7S. The Morgan fingerprint density at radius 1 is 1.21 bits per heavy atom. The standard InChI is InChI=1S/C26H33N4O7S/c1-19-16-28(13-14-37-19)18-26(32)27-24(15-20-5-3-2-4-6-20)25(31)17-29(21-7-8-21)38(35,36)23-11-9-22(10-12-23)30(33)34/h2-6,9-12,21,24-25,31H,7-8,13-18H2,1H3,(H,27,32)/t24-,25+/m0/s1. The van der Waals surface area contributed by atoms with Crippen molar-refractivity contribution in [3.8, 4) is 0 Å². The molecule has 0 spiro atoms. The molecule has 0 bridgehead atoms. The highest BCUT2D eigenvalue weighted by Gasteiger charge is 2.40. The van der Waals surface area contributed by atoms with E-state index in [1.54, 1.807) is 0 Å². The minimum absolute atomic E-state index is 0.0789. The minimum atomic E-state index is -4.03. The van der Waals surface area contributed by atoms with Crippen LogP contribution in [0.1, 0.15) is 25.3 Å². The van der Waals surface area contributed by atoms with Crippen molar-refractivity contribution < 1.29 is 28.0 Å². The van der Waals surface area contributed by atoms with Crippen molar-refractivity contribution in [2.45, 2.75) is 49.3 Å². The van der Waals surface area contributed by atoms with E-state index in [2.05, 4.69) is 5.32 Å². The lowest BCUT2D eigenvalue weighted by atomic mass is 10.0. The average molecular weight is 546 g/mol. The molecule has 4 rings (SSSR count). The smallest absolute Gasteiger partial charge is 0.269 e. The van der Waals surface area contributed by atoms with E-state index in [-0.39, 0.29) is 35.6 Å². The number of sulfonamides is 1. The number of amides is 1. The van der Waals surface area contributed by atoms with Crippen LogP contribution in [0.2, 0.25) is 0 Å². The third-order valence-corrected chi connectivity index (χ3v) is 8.59. The van der Waals surface area contributed by atoms with Crippen LogP contribution in [0.5, 0.6) is 0 Å². The third-order valence-electron chi connectivity index (χ3n) is 6.65. The molecule has 11 nitrogen and oxygen atoms in total. The van der Waals surface area contributed by atoms with Gasteiger partial charge in [0.05, 0.1) is 35.1 Å². The fourth-order valence-electron chi connectivity index (χ4n) is 4.52. The molecule has 1 heterocycles. The topological polar surface area (TPSA) is 142 Å². The summed E-state index contributed by atoms with van der Waals surface area (Å²) in [4.78, 5) is 25.2. The molecule has 2 atom stereocenters. The second kappa shape index (κ2) is 12.3. The maximum absolute atomic E-state index is 13.5. The van der Waals surface area contributed by atoms with Gasteiger partial charge in [-0.3, -0.25) is 19.8 Å². The summed E-state index contributed by atoms with van der Waals surface area (Å²) in [6.07, 6.45) is 1.27. The number of morpholine rings is 1. The van der Waals surface area contributed by atoms with E-state index in [0.717, 1.165) is 23.8 Å². The largest absolute Gasteiger partial charge is 0.390 e. The second-order valence-electron chi connectivity index (χ2n) is 9.75. The minimum Gasteiger partial charge on any atom is -0.390 e. The highest BCUT2D eigenvalue weighted by molar-refractivity contribution is 7.89. The van der Waals surface area contributed by atoms with E-state index < -0.39 is 27.1 Å². The molecule has 2 aromatic carbocycles. The third kappa shape index (κ3) is 7.35. The zero-order chi connectivity index (χ0) is 27.3. The number of carbonyl (C=O) groups is 1. The van der Waals surface area contributed by atoms with Crippen LogP contribution in [-0.4, -0.2) is 84.5 Å². The van der Waals surface area contributed by atoms with E-state index in [1.165, 1.54) is 16.4 Å². The number of rotatable bonds is 12. The number of nitrogens with zero attached hydrogens (tertiary/aromatic N) is 3. The number of nitro benzene ring substituents is 1. The Labute approximate surface area is 222 Å². The molecule has 2 N–H and O–H groups in total. The molecule has 2 aliphatic rings. The molecule has 12 heteroatoms. The summed E-state index contributed by atoms with van der Waals surface area (Å²) >= 11 is 0. The van der Waals surface area contributed by atoms with Gasteiger partial charge in [-0.15, -0.1) is 0 Å². The van der Waals surface area contributed by atoms with Gasteiger partial charge in [0.25, 0.3) is 5.69 Å². The summed E-state index contributed by atoms with van der Waals surface area (Å²) in [5.74, 6) is -0.268. The van der Waals surface area contributed by atoms with Crippen LogP contribution in [0.3, 0.4) is 0 Å². The lowest BCUT2D eigenvalue weighted by Crippen LogP contribution is -2.53. The molecule has 0 aromatic heterocycles. The van der Waals surface area contributed by atoms with E-state index >= 15 is 0 Å². The van der Waals surface area contributed by atoms with Crippen molar-refractivity contribution >= 4 is 21.6 Å². The fourth-order valence-corrected chi connectivity index (χ4v) is 6.23. The first-order valence-corrected chi connectivity index (χ1v) is 14.0. The number of aliphatic hydroxyl groups excluding tert-OH is 1. The normalized spacial score (nSPS) is 18.7. The number of ether oxygens (including phenoxy) is 1. The maximum Gasteiger partial charge on any atom is 0.269 e. The number of hydrogen-bond acceptors (Lipinski definition) is 8. The number of nitrogens with one attached hydrogen (secondary N) is 1. The van der Waals surface area contributed by atoms with Crippen LogP contribution in [-0.2, 0) is 26.0 Å². The Bertz CT molecular complexity index is 1210. The molecule has 38 heavy (non-hydrogen) atoms. The SMILES string of the molecule is C[C]1CN(CC(=O)N[C@@H](Cc2ccccc2)[C@H](O)CN(C2CC2)S(=O)(=O)c2ccc([N+](=O)[O-])cc2)CCO1.